The number of hydrogen-bond donors (Lipinski definition) is 0. The molecular weight excluding hydrogens is 929 g/mol. The molecule has 0 aliphatic heterocycles. The maximum Gasteiger partial charge on any atom is 0.238 e. The molecule has 0 saturated heterocycles. The van der Waals surface area contributed by atoms with Crippen molar-refractivity contribution in [3.05, 3.63) is 241 Å². The highest BCUT2D eigenvalue weighted by atomic mass is 15.2. The summed E-state index contributed by atoms with van der Waals surface area (Å²) in [5.74, 6) is 3.85. The van der Waals surface area contributed by atoms with E-state index in [2.05, 4.69) is 191 Å². The molecule has 3 aliphatic carbocycles. The Morgan fingerprint density at radius 1 is 0.368 bits per heavy atom. The molecule has 0 radical (unpaired) electrons. The average molecular weight is 977 g/mol. The van der Waals surface area contributed by atoms with Gasteiger partial charge < -0.3 is 0 Å². The minimum Gasteiger partial charge on any atom is -0.278 e. The normalized spacial score (nSPS) is 14.1. The molecule has 4 heterocycles. The van der Waals surface area contributed by atoms with Gasteiger partial charge in [0.2, 0.25) is 11.9 Å². The van der Waals surface area contributed by atoms with E-state index in [4.69, 9.17) is 29.9 Å². The van der Waals surface area contributed by atoms with Crippen LogP contribution in [0.25, 0.3) is 123 Å². The molecule has 8 nitrogen and oxygen atoms in total. The molecule has 0 fully saturated rings. The fraction of sp³-hybridized carbons (Fsp3) is 0.0882. The SMILES string of the molecule is C1=CCCC(c2nc(C3=CCCC=C3)nc(-n3c4ccc(-c5ccccc5)cc4c4cc5c(cc43)-c3ccc4c6cc(-c7ccccc7)ccc6n(-c6nc(-c7ccccc7)nc(-c7ccccc7)n6)c4c3CC5)n2)=C1. The molecule has 0 amide bonds. The van der Waals surface area contributed by atoms with Crippen molar-refractivity contribution >= 4 is 54.8 Å². The smallest absolute Gasteiger partial charge is 0.238 e. The van der Waals surface area contributed by atoms with Crippen molar-refractivity contribution < 1.29 is 0 Å². The Bertz CT molecular complexity index is 4370. The lowest BCUT2D eigenvalue weighted by Crippen LogP contribution is -2.11. The van der Waals surface area contributed by atoms with Crippen molar-refractivity contribution in [3.63, 3.8) is 0 Å². The molecule has 3 aliphatic rings. The van der Waals surface area contributed by atoms with Crippen LogP contribution in [0.3, 0.4) is 0 Å². The second-order valence-corrected chi connectivity index (χ2v) is 20.0. The highest BCUT2D eigenvalue weighted by molar-refractivity contribution is 6.15. The molecule has 12 aromatic rings. The van der Waals surface area contributed by atoms with Crippen molar-refractivity contribution in [3.8, 4) is 68.1 Å². The molecule has 4 aromatic heterocycles. The Morgan fingerprint density at radius 3 is 1.58 bits per heavy atom. The molecule has 15 rings (SSSR count). The number of aryl methyl sites for hydroxylation is 2. The van der Waals surface area contributed by atoms with Crippen LogP contribution < -0.4 is 0 Å². The van der Waals surface area contributed by atoms with Crippen molar-refractivity contribution in [2.75, 3.05) is 0 Å². The van der Waals surface area contributed by atoms with E-state index < -0.39 is 0 Å². The fourth-order valence-electron chi connectivity index (χ4n) is 11.8. The first kappa shape index (κ1) is 43.9. The van der Waals surface area contributed by atoms with Gasteiger partial charge in [-0.15, -0.1) is 0 Å². The summed E-state index contributed by atoms with van der Waals surface area (Å²) in [6, 6.07) is 65.0. The molecule has 0 spiro atoms. The molecule has 0 N–H and O–H groups in total. The van der Waals surface area contributed by atoms with Gasteiger partial charge in [-0.25, -0.2) is 9.97 Å². The molecule has 76 heavy (non-hydrogen) atoms. The van der Waals surface area contributed by atoms with Gasteiger partial charge in [-0.1, -0.05) is 182 Å². The van der Waals surface area contributed by atoms with Crippen LogP contribution in [-0.2, 0) is 12.8 Å². The van der Waals surface area contributed by atoms with Crippen LogP contribution in [0.1, 0.15) is 48.5 Å². The lowest BCUT2D eigenvalue weighted by atomic mass is 9.83. The van der Waals surface area contributed by atoms with Gasteiger partial charge in [0, 0.05) is 38.2 Å². The van der Waals surface area contributed by atoms with E-state index in [-0.39, 0.29) is 0 Å². The van der Waals surface area contributed by atoms with E-state index in [0.717, 1.165) is 110 Å². The monoisotopic (exact) mass is 976 g/mol. The summed E-state index contributed by atoms with van der Waals surface area (Å²) in [6.07, 6.45) is 18.6. The Morgan fingerprint density at radius 2 is 0.947 bits per heavy atom. The Kier molecular flexibility index (Phi) is 10.4. The fourth-order valence-corrected chi connectivity index (χ4v) is 11.8. The lowest BCUT2D eigenvalue weighted by Gasteiger charge is -2.22. The number of benzene rings is 8. The molecule has 0 atom stereocenters. The highest BCUT2D eigenvalue weighted by Gasteiger charge is 2.28. The number of rotatable bonds is 8. The van der Waals surface area contributed by atoms with Gasteiger partial charge in [0.15, 0.2) is 23.3 Å². The summed E-state index contributed by atoms with van der Waals surface area (Å²) >= 11 is 0. The Balaban J connectivity index is 0.999. The standard InChI is InChI=1S/C68H48N8/c1-7-19-43(20-8-1)49-33-38-60-56(39-49)54-36-35-52-53(62(54)76(60)68-73-65(47-27-15-5-16-28-47)70-66(74-68)48-29-17-6-18-30-48)34-31-51-41-58-57-40-50(44-21-9-2-10-22-44)32-37-59(57)75(61(58)42-55(51)52)67-71-63(45-23-11-3-12-24-45)69-64(72-67)46-25-13-4-14-26-46/h1-3,5-11,13,15-23,25-30,32-33,35-42H,4,12,14,24,31,34H2. The summed E-state index contributed by atoms with van der Waals surface area (Å²) in [6.45, 7) is 0. The lowest BCUT2D eigenvalue weighted by molar-refractivity contribution is 0.891. The number of allylic oxidation sites excluding steroid dienone is 8. The van der Waals surface area contributed by atoms with Crippen LogP contribution >= 0.6 is 0 Å². The maximum absolute atomic E-state index is 5.39. The topological polar surface area (TPSA) is 87.2 Å². The average Bonchev–Trinajstić information content (AvgIpc) is 4.15. The summed E-state index contributed by atoms with van der Waals surface area (Å²) < 4.78 is 4.60. The molecule has 8 heteroatoms. The Hall–Kier alpha value is -9.66. The first-order chi connectivity index (χ1) is 37.7. The second-order valence-electron chi connectivity index (χ2n) is 20.0. The largest absolute Gasteiger partial charge is 0.278 e. The maximum atomic E-state index is 5.39. The van der Waals surface area contributed by atoms with Gasteiger partial charge in [-0.05, 0) is 125 Å². The zero-order valence-electron chi connectivity index (χ0n) is 41.6. The molecule has 0 saturated carbocycles. The molecule has 0 unspecified atom stereocenters. The highest BCUT2D eigenvalue weighted by Crippen LogP contribution is 2.46. The minimum absolute atomic E-state index is 0.581. The van der Waals surface area contributed by atoms with Crippen LogP contribution in [0.4, 0.5) is 0 Å². The molecule has 0 bridgehead atoms. The quantitative estimate of drug-likeness (QED) is 0.151. The third-order valence-corrected chi connectivity index (χ3v) is 15.4. The third kappa shape index (κ3) is 7.43. The van der Waals surface area contributed by atoms with Crippen molar-refractivity contribution in [2.24, 2.45) is 0 Å². The predicted octanol–water partition coefficient (Wildman–Crippen LogP) is 16.2. The number of nitrogens with zero attached hydrogens (tertiary/aromatic N) is 8. The van der Waals surface area contributed by atoms with Crippen LogP contribution in [-0.4, -0.2) is 39.0 Å². The van der Waals surface area contributed by atoms with E-state index in [1.807, 2.05) is 36.4 Å². The predicted molar refractivity (Wildman–Crippen MR) is 309 cm³/mol. The number of fused-ring (bicyclic) bond motifs is 10. The van der Waals surface area contributed by atoms with Gasteiger partial charge >= 0.3 is 0 Å². The van der Waals surface area contributed by atoms with Crippen LogP contribution in [0.15, 0.2) is 218 Å². The Labute approximate surface area is 439 Å². The second kappa shape index (κ2) is 18.1. The van der Waals surface area contributed by atoms with E-state index in [1.165, 1.54) is 44.3 Å². The summed E-state index contributed by atoms with van der Waals surface area (Å²) in [7, 11) is 0. The minimum atomic E-state index is 0.581. The van der Waals surface area contributed by atoms with E-state index in [1.54, 1.807) is 0 Å². The number of hydrogen-bond acceptors (Lipinski definition) is 6. The van der Waals surface area contributed by atoms with Crippen LogP contribution in [0.2, 0.25) is 0 Å². The number of aromatic nitrogens is 8. The van der Waals surface area contributed by atoms with Crippen LogP contribution in [0, 0.1) is 0 Å². The van der Waals surface area contributed by atoms with Crippen molar-refractivity contribution in [1.82, 2.24) is 39.0 Å². The summed E-state index contributed by atoms with van der Waals surface area (Å²) in [5.41, 5.74) is 17.9. The van der Waals surface area contributed by atoms with Crippen molar-refractivity contribution in [1.29, 1.82) is 0 Å². The first-order valence-electron chi connectivity index (χ1n) is 26.4. The van der Waals surface area contributed by atoms with E-state index in [9.17, 15) is 0 Å². The van der Waals surface area contributed by atoms with Gasteiger partial charge in [0.05, 0.1) is 22.1 Å². The van der Waals surface area contributed by atoms with Crippen molar-refractivity contribution in [2.45, 2.75) is 38.5 Å². The first-order valence-corrected chi connectivity index (χ1v) is 26.4. The van der Waals surface area contributed by atoms with E-state index in [0.29, 0.717) is 29.4 Å². The van der Waals surface area contributed by atoms with Gasteiger partial charge in [-0.2, -0.15) is 19.9 Å². The summed E-state index contributed by atoms with van der Waals surface area (Å²) in [4.78, 5) is 31.8. The van der Waals surface area contributed by atoms with Gasteiger partial charge in [-0.3, -0.25) is 9.13 Å². The molecule has 8 aromatic carbocycles. The van der Waals surface area contributed by atoms with E-state index >= 15 is 0 Å². The van der Waals surface area contributed by atoms with Crippen LogP contribution in [0.5, 0.6) is 0 Å². The third-order valence-electron chi connectivity index (χ3n) is 15.4. The zero-order chi connectivity index (χ0) is 50.1. The zero-order valence-corrected chi connectivity index (χ0v) is 41.6. The molecule has 360 valence electrons. The molecular formula is C68H48N8. The summed E-state index contributed by atoms with van der Waals surface area (Å²) in [5, 5.41) is 4.63. The van der Waals surface area contributed by atoms with Gasteiger partial charge in [0.1, 0.15) is 0 Å². The van der Waals surface area contributed by atoms with Gasteiger partial charge in [0.25, 0.3) is 0 Å².